The Hall–Kier alpha value is -2.84. The van der Waals surface area contributed by atoms with E-state index in [-0.39, 0.29) is 17.4 Å². The third-order valence-corrected chi connectivity index (χ3v) is 6.56. The van der Waals surface area contributed by atoms with Crippen LogP contribution in [0.15, 0.2) is 58.8 Å². The summed E-state index contributed by atoms with van der Waals surface area (Å²) >= 11 is 7.43. The van der Waals surface area contributed by atoms with Gasteiger partial charge in [-0.25, -0.2) is 9.99 Å². The van der Waals surface area contributed by atoms with Crippen LogP contribution >= 0.6 is 23.4 Å². The summed E-state index contributed by atoms with van der Waals surface area (Å²) < 4.78 is 2.23. The van der Waals surface area contributed by atoms with Gasteiger partial charge in [0.15, 0.2) is 0 Å². The zero-order valence-corrected chi connectivity index (χ0v) is 19.0. The van der Waals surface area contributed by atoms with Crippen molar-refractivity contribution < 1.29 is 14.5 Å². The Labute approximate surface area is 195 Å². The lowest BCUT2D eigenvalue weighted by Crippen LogP contribution is -2.43. The second kappa shape index (κ2) is 10.7. The van der Waals surface area contributed by atoms with Gasteiger partial charge in [-0.2, -0.15) is 5.10 Å². The van der Waals surface area contributed by atoms with Crippen LogP contribution < -0.4 is 15.1 Å². The van der Waals surface area contributed by atoms with Crippen molar-refractivity contribution in [3.63, 3.8) is 0 Å². The smallest absolute Gasteiger partial charge is 0.337 e. The number of nitrogens with zero attached hydrogens (tertiary/aromatic N) is 3. The van der Waals surface area contributed by atoms with Gasteiger partial charge in [-0.05, 0) is 67.3 Å². The van der Waals surface area contributed by atoms with Crippen LogP contribution in [-0.4, -0.2) is 28.1 Å². The summed E-state index contributed by atoms with van der Waals surface area (Å²) in [7, 11) is 0. The molecule has 32 heavy (non-hydrogen) atoms. The maximum absolute atomic E-state index is 12.3. The third-order valence-electron chi connectivity index (χ3n) is 5.36. The number of carbonyl (C=O) groups excluding carboxylic acids is 1. The Morgan fingerprint density at radius 2 is 2.03 bits per heavy atom. The molecular formula is C23H24ClN5O2S. The first kappa shape index (κ1) is 22.4. The normalized spacial score (nSPS) is 14.7. The van der Waals surface area contributed by atoms with E-state index in [1.54, 1.807) is 12.1 Å². The first-order chi connectivity index (χ1) is 15.6. The van der Waals surface area contributed by atoms with Crippen LogP contribution in [0.2, 0.25) is 5.02 Å². The lowest BCUT2D eigenvalue weighted by Gasteiger charge is -2.21. The molecule has 166 valence electrons. The fourth-order valence-corrected chi connectivity index (χ4v) is 4.77. The highest BCUT2D eigenvalue weighted by atomic mass is 35.5. The third kappa shape index (κ3) is 5.69. The molecule has 7 nitrogen and oxygen atoms in total. The van der Waals surface area contributed by atoms with Crippen LogP contribution in [-0.2, 0) is 4.79 Å². The number of thioether (sulfide) groups is 1. The minimum Gasteiger partial charge on any atom is -0.872 e. The van der Waals surface area contributed by atoms with E-state index in [2.05, 4.69) is 25.3 Å². The molecule has 1 amide bonds. The number of H-pyrrole nitrogens is 1. The Balaban J connectivity index is 1.45. The minimum absolute atomic E-state index is 0.0990. The van der Waals surface area contributed by atoms with Crippen molar-refractivity contribution in [1.29, 1.82) is 0 Å². The number of halogens is 1. The van der Waals surface area contributed by atoms with E-state index in [9.17, 15) is 9.90 Å². The van der Waals surface area contributed by atoms with Crippen molar-refractivity contribution in [3.05, 3.63) is 59.1 Å². The van der Waals surface area contributed by atoms with Gasteiger partial charge < -0.3 is 5.11 Å². The molecule has 0 unspecified atom stereocenters. The molecule has 4 rings (SSSR count). The summed E-state index contributed by atoms with van der Waals surface area (Å²) in [6.07, 6.45) is 7.27. The highest BCUT2D eigenvalue weighted by Crippen LogP contribution is 2.29. The topological polar surface area (TPSA) is 97.1 Å². The van der Waals surface area contributed by atoms with E-state index in [1.165, 1.54) is 49.4 Å². The molecule has 3 aromatic rings. The van der Waals surface area contributed by atoms with Gasteiger partial charge in [0.1, 0.15) is 0 Å². The maximum atomic E-state index is 12.3. The van der Waals surface area contributed by atoms with Crippen molar-refractivity contribution in [2.75, 3.05) is 5.75 Å². The number of nitrogens with one attached hydrogen (secondary N) is 2. The molecular weight excluding hydrogens is 446 g/mol. The summed E-state index contributed by atoms with van der Waals surface area (Å²) in [4.78, 5) is 12.3. The maximum Gasteiger partial charge on any atom is 0.337 e. The Bertz CT molecular complexity index is 1090. The lowest BCUT2D eigenvalue weighted by molar-refractivity contribution is -0.749. The number of rotatable bonds is 7. The number of hydrogen-bond acceptors (Lipinski definition) is 5. The molecule has 1 fully saturated rings. The Morgan fingerprint density at radius 1 is 1.25 bits per heavy atom. The fourth-order valence-electron chi connectivity index (χ4n) is 3.83. The molecule has 2 aromatic carbocycles. The summed E-state index contributed by atoms with van der Waals surface area (Å²) in [5.74, 6) is 0.761. The number of benzene rings is 2. The van der Waals surface area contributed by atoms with Crippen molar-refractivity contribution in [2.45, 2.75) is 43.3 Å². The van der Waals surface area contributed by atoms with Gasteiger partial charge in [0.05, 0.1) is 28.7 Å². The fraction of sp³-hybridized carbons (Fsp3) is 0.304. The summed E-state index contributed by atoms with van der Waals surface area (Å²) in [6.45, 7) is 0. The van der Waals surface area contributed by atoms with Crippen LogP contribution in [0.3, 0.4) is 0 Å². The van der Waals surface area contributed by atoms with Crippen LogP contribution in [0.1, 0.15) is 43.7 Å². The van der Waals surface area contributed by atoms with Gasteiger partial charge in [0.2, 0.25) is 0 Å². The molecule has 0 aliphatic heterocycles. The molecule has 1 aliphatic rings. The first-order valence-corrected chi connectivity index (χ1v) is 11.9. The van der Waals surface area contributed by atoms with E-state index in [0.29, 0.717) is 16.6 Å². The Kier molecular flexibility index (Phi) is 7.44. The van der Waals surface area contributed by atoms with E-state index in [1.807, 2.05) is 24.3 Å². The lowest BCUT2D eigenvalue weighted by atomic mass is 9.95. The summed E-state index contributed by atoms with van der Waals surface area (Å²) in [5, 5.41) is 24.4. The molecule has 0 bridgehead atoms. The van der Waals surface area contributed by atoms with E-state index >= 15 is 0 Å². The second-order valence-electron chi connectivity index (χ2n) is 7.68. The monoisotopic (exact) mass is 469 g/mol. The number of aromatic amines is 1. The zero-order valence-electron chi connectivity index (χ0n) is 17.5. The number of carbonyl (C=O) groups is 1. The average molecular weight is 470 g/mol. The van der Waals surface area contributed by atoms with Gasteiger partial charge >= 0.3 is 5.16 Å². The predicted octanol–water partition coefficient (Wildman–Crippen LogP) is 3.84. The average Bonchev–Trinajstić information content (AvgIpc) is 3.23. The molecule has 0 atom stereocenters. The molecule has 1 heterocycles. The van der Waals surface area contributed by atoms with Crippen molar-refractivity contribution in [2.24, 2.45) is 5.10 Å². The van der Waals surface area contributed by atoms with E-state index in [4.69, 9.17) is 11.6 Å². The second-order valence-corrected chi connectivity index (χ2v) is 9.06. The van der Waals surface area contributed by atoms with Gasteiger partial charge in [-0.1, -0.05) is 42.3 Å². The zero-order chi connectivity index (χ0) is 22.3. The highest BCUT2D eigenvalue weighted by Gasteiger charge is 2.30. The number of amides is 1. The molecule has 0 spiro atoms. The van der Waals surface area contributed by atoms with Gasteiger partial charge in [0.25, 0.3) is 11.7 Å². The van der Waals surface area contributed by atoms with Gasteiger partial charge in [-0.3, -0.25) is 4.79 Å². The highest BCUT2D eigenvalue weighted by molar-refractivity contribution is 7.99. The molecule has 0 saturated heterocycles. The molecule has 1 aliphatic carbocycles. The van der Waals surface area contributed by atoms with Crippen molar-refractivity contribution in [3.8, 4) is 17.1 Å². The molecule has 0 radical (unpaired) electrons. The predicted molar refractivity (Wildman–Crippen MR) is 124 cm³/mol. The van der Waals surface area contributed by atoms with Crippen LogP contribution in [0.25, 0.3) is 11.4 Å². The van der Waals surface area contributed by atoms with E-state index < -0.39 is 0 Å². The quantitative estimate of drug-likeness (QED) is 0.238. The van der Waals surface area contributed by atoms with Gasteiger partial charge in [-0.15, -0.1) is 10.8 Å². The van der Waals surface area contributed by atoms with Crippen molar-refractivity contribution >= 4 is 35.5 Å². The summed E-state index contributed by atoms with van der Waals surface area (Å²) in [5.41, 5.74) is 4.16. The van der Waals surface area contributed by atoms with Crippen LogP contribution in [0, 0.1) is 0 Å². The number of hydrogen-bond donors (Lipinski definition) is 2. The SMILES string of the molecule is O=C(CSc1n[nH]c(-c2ccc(Cl)cc2)[n+]1C1CCCCC1)NN=Cc1cccc([O-])c1. The Morgan fingerprint density at radius 3 is 2.78 bits per heavy atom. The summed E-state index contributed by atoms with van der Waals surface area (Å²) in [6, 6.07) is 14.4. The standard InChI is InChI=1S/C23H24ClN5O2S/c24-18-11-9-17(10-12-18)22-27-28-23(29(22)19-6-2-1-3-7-19)32-15-21(31)26-25-14-16-5-4-8-20(30)13-16/h4-5,8-14,19H,1-3,6-7,15H2,(H2,26,30,31). The van der Waals surface area contributed by atoms with Gasteiger partial charge in [0, 0.05) is 5.02 Å². The van der Waals surface area contributed by atoms with E-state index in [0.717, 1.165) is 29.4 Å². The first-order valence-electron chi connectivity index (χ1n) is 10.6. The van der Waals surface area contributed by atoms with Crippen LogP contribution in [0.4, 0.5) is 0 Å². The molecule has 1 saturated carbocycles. The van der Waals surface area contributed by atoms with Crippen LogP contribution in [0.5, 0.6) is 5.75 Å². The number of hydrazone groups is 1. The molecule has 2 N–H and O–H groups in total. The molecule has 9 heteroatoms. The number of aromatic nitrogens is 3. The molecule has 1 aromatic heterocycles. The van der Waals surface area contributed by atoms with Crippen molar-refractivity contribution in [1.82, 2.24) is 15.6 Å². The largest absolute Gasteiger partial charge is 0.872 e. The minimum atomic E-state index is -0.240.